The van der Waals surface area contributed by atoms with Gasteiger partial charge in [-0.15, -0.1) is 11.3 Å². The van der Waals surface area contributed by atoms with Gasteiger partial charge in [-0.1, -0.05) is 13.3 Å². The Labute approximate surface area is 93.1 Å². The molecule has 84 valence electrons. The van der Waals surface area contributed by atoms with Gasteiger partial charge in [-0.25, -0.2) is 4.98 Å². The predicted octanol–water partition coefficient (Wildman–Crippen LogP) is 1.52. The normalized spacial score (nSPS) is 14.8. The number of aromatic nitrogens is 1. The van der Waals surface area contributed by atoms with Gasteiger partial charge in [-0.2, -0.15) is 0 Å². The van der Waals surface area contributed by atoms with Crippen molar-refractivity contribution in [3.05, 3.63) is 16.6 Å². The second-order valence-electron chi connectivity index (χ2n) is 3.64. The van der Waals surface area contributed by atoms with Gasteiger partial charge < -0.3 is 10.8 Å². The third kappa shape index (κ3) is 2.76. The van der Waals surface area contributed by atoms with E-state index in [1.165, 1.54) is 11.3 Å². The van der Waals surface area contributed by atoms with Gasteiger partial charge in [0.1, 0.15) is 0 Å². The molecule has 3 N–H and O–H groups in total. The van der Waals surface area contributed by atoms with Crippen molar-refractivity contribution < 1.29 is 9.90 Å². The lowest BCUT2D eigenvalue weighted by atomic mass is 9.80. The minimum absolute atomic E-state index is 0.162. The van der Waals surface area contributed by atoms with Gasteiger partial charge in [0, 0.05) is 24.5 Å². The molecule has 0 radical (unpaired) electrons. The lowest BCUT2D eigenvalue weighted by molar-refractivity contribution is -0.148. The molecule has 5 heteroatoms. The van der Waals surface area contributed by atoms with Crippen LogP contribution in [0.15, 0.2) is 11.6 Å². The predicted molar refractivity (Wildman–Crippen MR) is 59.8 cm³/mol. The molecule has 1 heterocycles. The first kappa shape index (κ1) is 12.1. The molecule has 0 aliphatic carbocycles. The summed E-state index contributed by atoms with van der Waals surface area (Å²) in [6, 6.07) is 0. The smallest absolute Gasteiger partial charge is 0.311 e. The van der Waals surface area contributed by atoms with Gasteiger partial charge in [0.25, 0.3) is 0 Å². The van der Waals surface area contributed by atoms with Crippen molar-refractivity contribution in [2.45, 2.75) is 26.2 Å². The molecule has 0 amide bonds. The fourth-order valence-electron chi connectivity index (χ4n) is 1.64. The zero-order valence-electron chi connectivity index (χ0n) is 8.77. The molecule has 1 rings (SSSR count). The Kier molecular flexibility index (Phi) is 4.23. The number of rotatable bonds is 6. The van der Waals surface area contributed by atoms with Crippen LogP contribution in [-0.2, 0) is 11.2 Å². The largest absolute Gasteiger partial charge is 0.481 e. The Bertz CT molecular complexity index is 313. The van der Waals surface area contributed by atoms with Crippen LogP contribution in [0, 0.1) is 5.41 Å². The summed E-state index contributed by atoms with van der Waals surface area (Å²) in [6.07, 6.45) is 3.53. The first-order chi connectivity index (χ1) is 7.14. The van der Waals surface area contributed by atoms with Gasteiger partial charge in [-0.3, -0.25) is 4.79 Å². The molecule has 0 aliphatic rings. The Balaban J connectivity index is 2.84. The van der Waals surface area contributed by atoms with Crippen LogP contribution < -0.4 is 5.73 Å². The van der Waals surface area contributed by atoms with E-state index in [2.05, 4.69) is 4.98 Å². The van der Waals surface area contributed by atoms with Crippen LogP contribution in [0.4, 0.5) is 0 Å². The molecule has 1 aromatic heterocycles. The van der Waals surface area contributed by atoms with Gasteiger partial charge in [0.15, 0.2) is 0 Å². The molecule has 4 nitrogen and oxygen atoms in total. The Morgan fingerprint density at radius 3 is 2.87 bits per heavy atom. The molecule has 0 aliphatic heterocycles. The summed E-state index contributed by atoms with van der Waals surface area (Å²) >= 11 is 1.48. The van der Waals surface area contributed by atoms with Gasteiger partial charge in [-0.05, 0) is 6.42 Å². The molecule has 1 atom stereocenters. The summed E-state index contributed by atoms with van der Waals surface area (Å²) in [5, 5.41) is 11.9. The molecular weight excluding hydrogens is 212 g/mol. The lowest BCUT2D eigenvalue weighted by Gasteiger charge is -2.26. The number of carboxylic acids is 1. The summed E-state index contributed by atoms with van der Waals surface area (Å²) in [4.78, 5) is 15.4. The van der Waals surface area contributed by atoms with Crippen LogP contribution in [0.3, 0.4) is 0 Å². The maximum absolute atomic E-state index is 11.3. The molecule has 0 saturated heterocycles. The van der Waals surface area contributed by atoms with E-state index in [-0.39, 0.29) is 6.54 Å². The average molecular weight is 228 g/mol. The van der Waals surface area contributed by atoms with Crippen LogP contribution in [0.5, 0.6) is 0 Å². The Hall–Kier alpha value is -0.940. The lowest BCUT2D eigenvalue weighted by Crippen LogP contribution is -2.40. The zero-order chi connectivity index (χ0) is 11.3. The number of nitrogens with zero attached hydrogens (tertiary/aromatic N) is 1. The molecule has 0 aromatic carbocycles. The van der Waals surface area contributed by atoms with Crippen LogP contribution in [0.2, 0.25) is 0 Å². The van der Waals surface area contributed by atoms with E-state index in [1.54, 1.807) is 6.20 Å². The maximum Gasteiger partial charge on any atom is 0.311 e. The van der Waals surface area contributed by atoms with Crippen LogP contribution in [0.1, 0.15) is 24.8 Å². The SMILES string of the molecule is CCCC(CN)(Cc1nccs1)C(=O)O. The number of nitrogens with two attached hydrogens (primary N) is 1. The molecule has 0 fully saturated rings. The number of thiazole rings is 1. The quantitative estimate of drug-likeness (QED) is 0.774. The number of hydrogen-bond acceptors (Lipinski definition) is 4. The standard InChI is InChI=1S/C10H16N2O2S/c1-2-3-10(7-11,9(13)14)6-8-12-4-5-15-8/h4-5H,2-3,6-7,11H2,1H3,(H,13,14). The number of hydrogen-bond donors (Lipinski definition) is 2. The number of carboxylic acid groups (broad SMARTS) is 1. The van der Waals surface area contributed by atoms with Crippen LogP contribution in [-0.4, -0.2) is 22.6 Å². The van der Waals surface area contributed by atoms with Crippen molar-refractivity contribution in [3.63, 3.8) is 0 Å². The van der Waals surface area contributed by atoms with Crippen molar-refractivity contribution in [2.24, 2.45) is 11.1 Å². The monoisotopic (exact) mass is 228 g/mol. The second-order valence-corrected chi connectivity index (χ2v) is 4.62. The van der Waals surface area contributed by atoms with Gasteiger partial charge >= 0.3 is 5.97 Å². The highest BCUT2D eigenvalue weighted by Gasteiger charge is 2.37. The first-order valence-corrected chi connectivity index (χ1v) is 5.84. The summed E-state index contributed by atoms with van der Waals surface area (Å²) in [7, 11) is 0. The number of aliphatic carboxylic acids is 1. The highest BCUT2D eigenvalue weighted by molar-refractivity contribution is 7.09. The fraction of sp³-hybridized carbons (Fsp3) is 0.600. The fourth-order valence-corrected chi connectivity index (χ4v) is 2.40. The summed E-state index contributed by atoms with van der Waals surface area (Å²) < 4.78 is 0. The first-order valence-electron chi connectivity index (χ1n) is 4.96. The van der Waals surface area contributed by atoms with Crippen molar-refractivity contribution >= 4 is 17.3 Å². The van der Waals surface area contributed by atoms with Crippen molar-refractivity contribution in [1.82, 2.24) is 4.98 Å². The Morgan fingerprint density at radius 2 is 2.47 bits per heavy atom. The minimum atomic E-state index is -0.841. The van der Waals surface area contributed by atoms with Crippen molar-refractivity contribution in [3.8, 4) is 0 Å². The third-order valence-electron chi connectivity index (χ3n) is 2.55. The van der Waals surface area contributed by atoms with E-state index in [0.717, 1.165) is 11.4 Å². The topological polar surface area (TPSA) is 76.2 Å². The zero-order valence-corrected chi connectivity index (χ0v) is 9.59. The molecule has 0 spiro atoms. The minimum Gasteiger partial charge on any atom is -0.481 e. The summed E-state index contributed by atoms with van der Waals surface area (Å²) in [6.45, 7) is 2.13. The van der Waals surface area contributed by atoms with Gasteiger partial charge in [0.2, 0.25) is 0 Å². The van der Waals surface area contributed by atoms with E-state index < -0.39 is 11.4 Å². The van der Waals surface area contributed by atoms with E-state index in [4.69, 9.17) is 5.73 Å². The molecule has 0 bridgehead atoms. The van der Waals surface area contributed by atoms with E-state index in [9.17, 15) is 9.90 Å². The third-order valence-corrected chi connectivity index (χ3v) is 3.33. The molecule has 0 saturated carbocycles. The number of carbonyl (C=O) groups is 1. The van der Waals surface area contributed by atoms with Crippen molar-refractivity contribution in [1.29, 1.82) is 0 Å². The van der Waals surface area contributed by atoms with Gasteiger partial charge in [0.05, 0.1) is 10.4 Å². The summed E-state index contributed by atoms with van der Waals surface area (Å²) in [5.74, 6) is -0.818. The highest BCUT2D eigenvalue weighted by atomic mass is 32.1. The Morgan fingerprint density at radius 1 is 1.73 bits per heavy atom. The van der Waals surface area contributed by atoms with Crippen molar-refractivity contribution in [2.75, 3.05) is 6.54 Å². The molecule has 15 heavy (non-hydrogen) atoms. The highest BCUT2D eigenvalue weighted by Crippen LogP contribution is 2.28. The van der Waals surface area contributed by atoms with E-state index >= 15 is 0 Å². The van der Waals surface area contributed by atoms with E-state index in [1.807, 2.05) is 12.3 Å². The molecule has 1 aromatic rings. The molecular formula is C10H16N2O2S. The van der Waals surface area contributed by atoms with Crippen LogP contribution >= 0.6 is 11.3 Å². The maximum atomic E-state index is 11.3. The average Bonchev–Trinajstić information content (AvgIpc) is 2.69. The van der Waals surface area contributed by atoms with Crippen LogP contribution in [0.25, 0.3) is 0 Å². The van der Waals surface area contributed by atoms with E-state index in [0.29, 0.717) is 12.8 Å². The second kappa shape index (κ2) is 5.23. The molecule has 1 unspecified atom stereocenters. The summed E-state index contributed by atoms with van der Waals surface area (Å²) in [5.41, 5.74) is 4.77.